The van der Waals surface area contributed by atoms with Crippen molar-refractivity contribution in [1.82, 2.24) is 5.32 Å². The molecule has 1 aromatic carbocycles. The van der Waals surface area contributed by atoms with Crippen LogP contribution >= 0.6 is 0 Å². The maximum absolute atomic E-state index is 13.6. The molecule has 0 saturated heterocycles. The van der Waals surface area contributed by atoms with Crippen molar-refractivity contribution in [1.29, 1.82) is 0 Å². The Labute approximate surface area is 138 Å². The Hall–Kier alpha value is -2.48. The number of ether oxygens (including phenoxy) is 2. The highest BCUT2D eigenvalue weighted by atomic mass is 19.1. The van der Waals surface area contributed by atoms with Crippen molar-refractivity contribution < 1.29 is 33.4 Å². The molecule has 0 heterocycles. The first kappa shape index (κ1) is 19.6. The number of hydrogen-bond donors (Lipinski definition) is 2. The van der Waals surface area contributed by atoms with Crippen LogP contribution in [0.5, 0.6) is 5.75 Å². The summed E-state index contributed by atoms with van der Waals surface area (Å²) in [6.45, 7) is 0.182. The van der Waals surface area contributed by atoms with Gasteiger partial charge in [0.25, 0.3) is 0 Å². The number of carboxylic acids is 1. The van der Waals surface area contributed by atoms with Gasteiger partial charge in [-0.15, -0.1) is 0 Å². The van der Waals surface area contributed by atoms with E-state index in [-0.39, 0.29) is 37.2 Å². The molecule has 0 aromatic heterocycles. The van der Waals surface area contributed by atoms with E-state index in [1.165, 1.54) is 26.4 Å². The SMILES string of the molecule is COCCC(NC(=O)CCC(=O)c1ccc(OC)c(F)c1)C(=O)O. The van der Waals surface area contributed by atoms with E-state index in [1.807, 2.05) is 0 Å². The molecule has 0 aliphatic carbocycles. The molecule has 0 radical (unpaired) electrons. The molecule has 1 amide bonds. The lowest BCUT2D eigenvalue weighted by Crippen LogP contribution is -2.41. The van der Waals surface area contributed by atoms with Gasteiger partial charge in [-0.05, 0) is 18.2 Å². The monoisotopic (exact) mass is 341 g/mol. The average Bonchev–Trinajstić information content (AvgIpc) is 2.55. The van der Waals surface area contributed by atoms with Crippen LogP contribution in [0, 0.1) is 5.82 Å². The lowest BCUT2D eigenvalue weighted by atomic mass is 10.1. The predicted octanol–water partition coefficient (Wildman–Crippen LogP) is 1.40. The molecule has 1 rings (SSSR count). The van der Waals surface area contributed by atoms with Crippen LogP contribution in [-0.4, -0.2) is 49.6 Å². The van der Waals surface area contributed by atoms with Crippen molar-refractivity contribution in [3.05, 3.63) is 29.6 Å². The first-order valence-corrected chi connectivity index (χ1v) is 7.26. The molecule has 0 spiro atoms. The maximum atomic E-state index is 13.6. The Morgan fingerprint density at radius 2 is 1.96 bits per heavy atom. The van der Waals surface area contributed by atoms with Gasteiger partial charge in [-0.2, -0.15) is 0 Å². The first-order chi connectivity index (χ1) is 11.4. The minimum atomic E-state index is -1.18. The van der Waals surface area contributed by atoms with E-state index in [2.05, 4.69) is 5.32 Å². The summed E-state index contributed by atoms with van der Waals surface area (Å²) in [5.41, 5.74) is 0.121. The molecule has 1 unspecified atom stereocenters. The number of ketones is 1. The predicted molar refractivity (Wildman–Crippen MR) is 82.6 cm³/mol. The number of carbonyl (C=O) groups is 3. The van der Waals surface area contributed by atoms with Crippen LogP contribution in [0.3, 0.4) is 0 Å². The largest absolute Gasteiger partial charge is 0.494 e. The molecule has 2 N–H and O–H groups in total. The summed E-state index contributed by atoms with van der Waals surface area (Å²) in [4.78, 5) is 34.7. The van der Waals surface area contributed by atoms with Crippen molar-refractivity contribution in [3.63, 3.8) is 0 Å². The number of rotatable bonds is 10. The highest BCUT2D eigenvalue weighted by Crippen LogP contribution is 2.18. The number of carboxylic acid groups (broad SMARTS) is 1. The molecule has 7 nitrogen and oxygen atoms in total. The van der Waals surface area contributed by atoms with Crippen LogP contribution in [0.25, 0.3) is 0 Å². The minimum absolute atomic E-state index is 0.0201. The van der Waals surface area contributed by atoms with Crippen LogP contribution in [-0.2, 0) is 14.3 Å². The van der Waals surface area contributed by atoms with Gasteiger partial charge >= 0.3 is 5.97 Å². The number of Topliss-reactive ketones (excluding diaryl/α,β-unsaturated/α-hetero) is 1. The summed E-state index contributed by atoms with van der Waals surface area (Å²) in [5, 5.41) is 11.3. The zero-order valence-electron chi connectivity index (χ0n) is 13.5. The smallest absolute Gasteiger partial charge is 0.326 e. The fourth-order valence-corrected chi connectivity index (χ4v) is 1.97. The first-order valence-electron chi connectivity index (χ1n) is 7.26. The Kier molecular flexibility index (Phi) is 7.84. The number of benzene rings is 1. The van der Waals surface area contributed by atoms with E-state index < -0.39 is 29.5 Å². The van der Waals surface area contributed by atoms with Gasteiger partial charge in [0.15, 0.2) is 17.3 Å². The molecule has 1 atom stereocenters. The summed E-state index contributed by atoms with van der Waals surface area (Å²) >= 11 is 0. The summed E-state index contributed by atoms with van der Waals surface area (Å²) in [6.07, 6.45) is -0.229. The molecule has 0 fully saturated rings. The second-order valence-electron chi connectivity index (χ2n) is 5.01. The number of nitrogens with one attached hydrogen (secondary N) is 1. The molecular weight excluding hydrogens is 321 g/mol. The van der Waals surface area contributed by atoms with Gasteiger partial charge in [0.05, 0.1) is 7.11 Å². The quantitative estimate of drug-likeness (QED) is 0.624. The molecule has 0 aliphatic rings. The van der Waals surface area contributed by atoms with Crippen molar-refractivity contribution in [3.8, 4) is 5.75 Å². The Morgan fingerprint density at radius 3 is 2.50 bits per heavy atom. The second-order valence-corrected chi connectivity index (χ2v) is 5.01. The van der Waals surface area contributed by atoms with Crippen molar-refractivity contribution >= 4 is 17.7 Å². The van der Waals surface area contributed by atoms with Crippen LogP contribution in [0.2, 0.25) is 0 Å². The van der Waals surface area contributed by atoms with E-state index >= 15 is 0 Å². The van der Waals surface area contributed by atoms with Gasteiger partial charge in [-0.25, -0.2) is 9.18 Å². The summed E-state index contributed by atoms with van der Waals surface area (Å²) in [7, 11) is 2.74. The van der Waals surface area contributed by atoms with Crippen LogP contribution in [0.4, 0.5) is 4.39 Å². The van der Waals surface area contributed by atoms with Crippen molar-refractivity contribution in [2.45, 2.75) is 25.3 Å². The molecule has 24 heavy (non-hydrogen) atoms. The maximum Gasteiger partial charge on any atom is 0.326 e. The van der Waals surface area contributed by atoms with Gasteiger partial charge in [-0.3, -0.25) is 9.59 Å². The zero-order chi connectivity index (χ0) is 18.1. The number of hydrogen-bond acceptors (Lipinski definition) is 5. The molecule has 0 saturated carbocycles. The highest BCUT2D eigenvalue weighted by molar-refractivity contribution is 5.98. The van der Waals surface area contributed by atoms with Crippen molar-refractivity contribution in [2.75, 3.05) is 20.8 Å². The Morgan fingerprint density at radius 1 is 1.25 bits per heavy atom. The third kappa shape index (κ3) is 5.96. The third-order valence-electron chi connectivity index (χ3n) is 3.30. The van der Waals surface area contributed by atoms with Gasteiger partial charge < -0.3 is 19.9 Å². The topological polar surface area (TPSA) is 102 Å². The van der Waals surface area contributed by atoms with Gasteiger partial charge in [-0.1, -0.05) is 0 Å². The lowest BCUT2D eigenvalue weighted by Gasteiger charge is -2.13. The molecule has 132 valence electrons. The molecule has 1 aromatic rings. The third-order valence-corrected chi connectivity index (χ3v) is 3.30. The highest BCUT2D eigenvalue weighted by Gasteiger charge is 2.20. The van der Waals surface area contributed by atoms with E-state index in [0.717, 1.165) is 6.07 Å². The van der Waals surface area contributed by atoms with Crippen LogP contribution in [0.15, 0.2) is 18.2 Å². The summed E-state index contributed by atoms with van der Waals surface area (Å²) in [6, 6.07) is 2.69. The Balaban J connectivity index is 2.55. The summed E-state index contributed by atoms with van der Waals surface area (Å²) in [5.74, 6) is -2.81. The Bertz CT molecular complexity index is 604. The molecular formula is C16H20FNO6. The number of amides is 1. The summed E-state index contributed by atoms with van der Waals surface area (Å²) < 4.78 is 23.1. The number of aliphatic carboxylic acids is 1. The number of carbonyl (C=O) groups excluding carboxylic acids is 2. The van der Waals surface area contributed by atoms with E-state index in [1.54, 1.807) is 0 Å². The van der Waals surface area contributed by atoms with Crippen LogP contribution < -0.4 is 10.1 Å². The lowest BCUT2D eigenvalue weighted by molar-refractivity contribution is -0.142. The molecule has 0 aliphatic heterocycles. The van der Waals surface area contributed by atoms with Gasteiger partial charge in [0, 0.05) is 38.5 Å². The fourth-order valence-electron chi connectivity index (χ4n) is 1.97. The van der Waals surface area contributed by atoms with E-state index in [9.17, 15) is 18.8 Å². The van der Waals surface area contributed by atoms with E-state index in [4.69, 9.17) is 14.6 Å². The average molecular weight is 341 g/mol. The zero-order valence-corrected chi connectivity index (χ0v) is 13.5. The number of methoxy groups -OCH3 is 2. The standard InChI is InChI=1S/C16H20FNO6/c1-23-8-7-12(16(21)22)18-15(20)6-4-13(19)10-3-5-14(24-2)11(17)9-10/h3,5,9,12H,4,6-8H2,1-2H3,(H,18,20)(H,21,22). The molecule has 0 bridgehead atoms. The van der Waals surface area contributed by atoms with E-state index in [0.29, 0.717) is 0 Å². The van der Waals surface area contributed by atoms with Crippen LogP contribution in [0.1, 0.15) is 29.6 Å². The second kappa shape index (κ2) is 9.61. The molecule has 8 heteroatoms. The fraction of sp³-hybridized carbons (Fsp3) is 0.438. The van der Waals surface area contributed by atoms with Gasteiger partial charge in [0.1, 0.15) is 6.04 Å². The van der Waals surface area contributed by atoms with Gasteiger partial charge in [0.2, 0.25) is 5.91 Å². The van der Waals surface area contributed by atoms with Crippen molar-refractivity contribution in [2.24, 2.45) is 0 Å². The minimum Gasteiger partial charge on any atom is -0.494 e. The number of halogens is 1. The normalized spacial score (nSPS) is 11.6.